The van der Waals surface area contributed by atoms with Crippen LogP contribution in [0.4, 0.5) is 18.9 Å². The molecule has 0 atom stereocenters. The maximum Gasteiger partial charge on any atom is 0.166 e. The fourth-order valence-electron chi connectivity index (χ4n) is 1.49. The molecule has 16 heavy (non-hydrogen) atoms. The van der Waals surface area contributed by atoms with E-state index in [-0.39, 0.29) is 16.8 Å². The summed E-state index contributed by atoms with van der Waals surface area (Å²) in [5.74, 6) is -2.56. The molecule has 0 radical (unpaired) electrons. The summed E-state index contributed by atoms with van der Waals surface area (Å²) in [7, 11) is 0. The predicted molar refractivity (Wildman–Crippen MR) is 56.2 cm³/mol. The highest BCUT2D eigenvalue weighted by Crippen LogP contribution is 2.26. The Morgan fingerprint density at radius 3 is 2.38 bits per heavy atom. The van der Waals surface area contributed by atoms with E-state index in [0.29, 0.717) is 0 Å². The van der Waals surface area contributed by atoms with Crippen molar-refractivity contribution < 1.29 is 13.2 Å². The Bertz CT molecular complexity index is 518. The molecule has 0 saturated heterocycles. The topological polar surface area (TPSA) is 26.0 Å². The van der Waals surface area contributed by atoms with Crippen LogP contribution in [0, 0.1) is 17.5 Å². The highest BCUT2D eigenvalue weighted by Gasteiger charge is 2.10. The third kappa shape index (κ3) is 1.86. The zero-order valence-electron chi connectivity index (χ0n) is 8.18. The van der Waals surface area contributed by atoms with Gasteiger partial charge in [0, 0.05) is 11.3 Å². The average molecular weight is 223 g/mol. The highest BCUT2D eigenvalue weighted by molar-refractivity contribution is 5.68. The van der Waals surface area contributed by atoms with Crippen molar-refractivity contribution in [3.05, 3.63) is 53.8 Å². The third-order valence-corrected chi connectivity index (χ3v) is 2.18. The molecule has 82 valence electrons. The molecule has 1 nitrogen and oxygen atoms in total. The Morgan fingerprint density at radius 2 is 1.69 bits per heavy atom. The number of nitrogens with two attached hydrogens (primary N) is 1. The molecule has 0 aromatic heterocycles. The molecule has 0 spiro atoms. The number of halogens is 3. The maximum absolute atomic E-state index is 13.4. The summed E-state index contributed by atoms with van der Waals surface area (Å²) in [6.07, 6.45) is 0. The van der Waals surface area contributed by atoms with Crippen molar-refractivity contribution in [1.29, 1.82) is 0 Å². The maximum atomic E-state index is 13.4. The van der Waals surface area contributed by atoms with Crippen LogP contribution in [0.1, 0.15) is 0 Å². The molecular weight excluding hydrogens is 215 g/mol. The molecule has 2 aromatic carbocycles. The summed E-state index contributed by atoms with van der Waals surface area (Å²) in [4.78, 5) is 0. The van der Waals surface area contributed by atoms with E-state index in [2.05, 4.69) is 0 Å². The van der Waals surface area contributed by atoms with Gasteiger partial charge in [0.1, 0.15) is 5.82 Å². The quantitative estimate of drug-likeness (QED) is 0.737. The molecule has 0 aliphatic rings. The van der Waals surface area contributed by atoms with Crippen molar-refractivity contribution in [1.82, 2.24) is 0 Å². The fraction of sp³-hybridized carbons (Fsp3) is 0. The summed E-state index contributed by atoms with van der Waals surface area (Å²) in [5.41, 5.74) is 5.80. The summed E-state index contributed by atoms with van der Waals surface area (Å²) < 4.78 is 39.4. The normalized spacial score (nSPS) is 10.4. The monoisotopic (exact) mass is 223 g/mol. The Labute approximate surface area is 90.3 Å². The van der Waals surface area contributed by atoms with Crippen LogP contribution >= 0.6 is 0 Å². The Kier molecular flexibility index (Phi) is 2.56. The predicted octanol–water partition coefficient (Wildman–Crippen LogP) is 3.35. The van der Waals surface area contributed by atoms with E-state index in [9.17, 15) is 13.2 Å². The second-order valence-corrected chi connectivity index (χ2v) is 3.37. The van der Waals surface area contributed by atoms with Gasteiger partial charge in [-0.15, -0.1) is 0 Å². The number of anilines is 1. The van der Waals surface area contributed by atoms with Crippen LogP contribution in [-0.4, -0.2) is 0 Å². The summed E-state index contributed by atoms with van der Waals surface area (Å²) >= 11 is 0. The summed E-state index contributed by atoms with van der Waals surface area (Å²) in [5, 5.41) is 0. The standard InChI is InChI=1S/C12H8F3N/c13-8-4-7(5-9(16)6-8)10-2-1-3-11(14)12(10)15/h1-6H,16H2. The minimum absolute atomic E-state index is 0.00815. The van der Waals surface area contributed by atoms with Gasteiger partial charge in [0.25, 0.3) is 0 Å². The van der Waals surface area contributed by atoms with Crippen LogP contribution in [0.25, 0.3) is 11.1 Å². The van der Waals surface area contributed by atoms with Crippen molar-refractivity contribution in [2.45, 2.75) is 0 Å². The molecule has 0 amide bonds. The Morgan fingerprint density at radius 1 is 0.938 bits per heavy atom. The molecular formula is C12H8F3N. The molecule has 2 N–H and O–H groups in total. The fourth-order valence-corrected chi connectivity index (χ4v) is 1.49. The van der Waals surface area contributed by atoms with Crippen molar-refractivity contribution in [3.63, 3.8) is 0 Å². The number of benzene rings is 2. The minimum atomic E-state index is -1.01. The van der Waals surface area contributed by atoms with Gasteiger partial charge in [0.15, 0.2) is 11.6 Å². The first kappa shape index (κ1) is 10.5. The van der Waals surface area contributed by atoms with Crippen LogP contribution in [0.5, 0.6) is 0 Å². The van der Waals surface area contributed by atoms with E-state index >= 15 is 0 Å². The lowest BCUT2D eigenvalue weighted by Gasteiger charge is -2.05. The molecule has 0 saturated carbocycles. The van der Waals surface area contributed by atoms with Crippen LogP contribution in [-0.2, 0) is 0 Å². The lowest BCUT2D eigenvalue weighted by molar-refractivity contribution is 0.511. The van der Waals surface area contributed by atoms with Crippen LogP contribution < -0.4 is 5.73 Å². The molecule has 0 heterocycles. The van der Waals surface area contributed by atoms with Gasteiger partial charge in [-0.1, -0.05) is 12.1 Å². The van der Waals surface area contributed by atoms with Crippen molar-refractivity contribution >= 4 is 5.69 Å². The lowest BCUT2D eigenvalue weighted by atomic mass is 10.0. The third-order valence-electron chi connectivity index (χ3n) is 2.18. The van der Waals surface area contributed by atoms with Crippen molar-refractivity contribution in [3.8, 4) is 11.1 Å². The molecule has 0 fully saturated rings. The van der Waals surface area contributed by atoms with E-state index in [4.69, 9.17) is 5.73 Å². The molecule has 4 heteroatoms. The first-order valence-electron chi connectivity index (χ1n) is 4.58. The smallest absolute Gasteiger partial charge is 0.166 e. The van der Waals surface area contributed by atoms with E-state index < -0.39 is 17.5 Å². The van der Waals surface area contributed by atoms with Gasteiger partial charge in [-0.3, -0.25) is 0 Å². The van der Waals surface area contributed by atoms with Gasteiger partial charge in [-0.05, 0) is 29.8 Å². The molecule has 0 aliphatic heterocycles. The zero-order valence-corrected chi connectivity index (χ0v) is 8.18. The first-order valence-corrected chi connectivity index (χ1v) is 4.58. The van der Waals surface area contributed by atoms with Crippen LogP contribution in [0.15, 0.2) is 36.4 Å². The van der Waals surface area contributed by atoms with Gasteiger partial charge >= 0.3 is 0 Å². The van der Waals surface area contributed by atoms with Gasteiger partial charge in [0.2, 0.25) is 0 Å². The summed E-state index contributed by atoms with van der Waals surface area (Å²) in [6.45, 7) is 0. The van der Waals surface area contributed by atoms with Crippen LogP contribution in [0.3, 0.4) is 0 Å². The summed E-state index contributed by atoms with van der Waals surface area (Å²) in [6, 6.07) is 7.33. The second-order valence-electron chi connectivity index (χ2n) is 3.37. The average Bonchev–Trinajstić information content (AvgIpc) is 2.20. The minimum Gasteiger partial charge on any atom is -0.399 e. The van der Waals surface area contributed by atoms with Crippen molar-refractivity contribution in [2.24, 2.45) is 0 Å². The van der Waals surface area contributed by atoms with E-state index in [1.165, 1.54) is 18.2 Å². The second kappa shape index (κ2) is 3.89. The number of hydrogen-bond acceptors (Lipinski definition) is 1. The number of rotatable bonds is 1. The Hall–Kier alpha value is -1.97. The van der Waals surface area contributed by atoms with E-state index in [0.717, 1.165) is 18.2 Å². The molecule has 2 aromatic rings. The SMILES string of the molecule is Nc1cc(F)cc(-c2cccc(F)c2F)c1. The van der Waals surface area contributed by atoms with Gasteiger partial charge < -0.3 is 5.73 Å². The van der Waals surface area contributed by atoms with Crippen molar-refractivity contribution in [2.75, 3.05) is 5.73 Å². The molecule has 0 bridgehead atoms. The Balaban J connectivity index is 2.63. The number of nitrogen functional groups attached to an aromatic ring is 1. The molecule has 0 aliphatic carbocycles. The van der Waals surface area contributed by atoms with Gasteiger partial charge in [-0.25, -0.2) is 13.2 Å². The zero-order chi connectivity index (χ0) is 11.7. The molecule has 2 rings (SSSR count). The number of hydrogen-bond donors (Lipinski definition) is 1. The molecule has 0 unspecified atom stereocenters. The van der Waals surface area contributed by atoms with E-state index in [1.807, 2.05) is 0 Å². The van der Waals surface area contributed by atoms with Crippen LogP contribution in [0.2, 0.25) is 0 Å². The lowest BCUT2D eigenvalue weighted by Crippen LogP contribution is -1.92. The van der Waals surface area contributed by atoms with Gasteiger partial charge in [-0.2, -0.15) is 0 Å². The van der Waals surface area contributed by atoms with E-state index in [1.54, 1.807) is 0 Å². The highest BCUT2D eigenvalue weighted by atomic mass is 19.2. The largest absolute Gasteiger partial charge is 0.399 e. The van der Waals surface area contributed by atoms with Gasteiger partial charge in [0.05, 0.1) is 0 Å². The first-order chi connectivity index (χ1) is 7.58.